The Kier molecular flexibility index (Phi) is 7.21. The Bertz CT molecular complexity index is 918. The summed E-state index contributed by atoms with van der Waals surface area (Å²) in [6.07, 6.45) is 0.916. The van der Waals surface area contributed by atoms with Crippen LogP contribution in [0.4, 0.5) is 0 Å². The zero-order valence-electron chi connectivity index (χ0n) is 17.5. The minimum Gasteiger partial charge on any atom is -0.493 e. The van der Waals surface area contributed by atoms with Crippen molar-refractivity contribution in [1.29, 1.82) is 0 Å². The molecule has 0 spiro atoms. The number of hydrogen-bond acceptors (Lipinski definition) is 4. The van der Waals surface area contributed by atoms with E-state index in [1.165, 1.54) is 0 Å². The van der Waals surface area contributed by atoms with Gasteiger partial charge in [-0.3, -0.25) is 9.59 Å². The first kappa shape index (κ1) is 22.0. The van der Waals surface area contributed by atoms with E-state index < -0.39 is 0 Å². The molecular formula is C23H27ClN2O4. The predicted octanol–water partition coefficient (Wildman–Crippen LogP) is 3.63. The average Bonchev–Trinajstić information content (AvgIpc) is 3.12. The SMILES string of the molecule is COc1ccc(CCN2C[C@H](C(=O)N[C@@H](C)c3cccc(Cl)c3)CC2=O)cc1OC. The number of carbonyl (C=O) groups excluding carboxylic acids is 2. The normalized spacial score (nSPS) is 17.0. The van der Waals surface area contributed by atoms with Gasteiger partial charge in [0.2, 0.25) is 11.8 Å². The van der Waals surface area contributed by atoms with E-state index in [9.17, 15) is 9.59 Å². The molecule has 1 fully saturated rings. The molecular weight excluding hydrogens is 404 g/mol. The molecule has 0 saturated carbocycles. The van der Waals surface area contributed by atoms with Crippen LogP contribution >= 0.6 is 11.6 Å². The molecule has 0 radical (unpaired) electrons. The number of ether oxygens (including phenoxy) is 2. The smallest absolute Gasteiger partial charge is 0.225 e. The van der Waals surface area contributed by atoms with E-state index in [1.54, 1.807) is 25.2 Å². The van der Waals surface area contributed by atoms with Gasteiger partial charge in [0.15, 0.2) is 11.5 Å². The van der Waals surface area contributed by atoms with Gasteiger partial charge in [0, 0.05) is 24.5 Å². The lowest BCUT2D eigenvalue weighted by molar-refractivity contribution is -0.129. The van der Waals surface area contributed by atoms with E-state index in [1.807, 2.05) is 43.3 Å². The summed E-state index contributed by atoms with van der Waals surface area (Å²) in [7, 11) is 3.19. The number of carbonyl (C=O) groups is 2. The van der Waals surface area contributed by atoms with Crippen LogP contribution in [0.15, 0.2) is 42.5 Å². The van der Waals surface area contributed by atoms with Crippen molar-refractivity contribution in [2.24, 2.45) is 5.92 Å². The van der Waals surface area contributed by atoms with Gasteiger partial charge in [0.25, 0.3) is 0 Å². The van der Waals surface area contributed by atoms with Crippen molar-refractivity contribution < 1.29 is 19.1 Å². The molecule has 0 aromatic heterocycles. The van der Waals surface area contributed by atoms with Crippen molar-refractivity contribution >= 4 is 23.4 Å². The summed E-state index contributed by atoms with van der Waals surface area (Å²) in [5.41, 5.74) is 1.98. The zero-order valence-corrected chi connectivity index (χ0v) is 18.2. The highest BCUT2D eigenvalue weighted by molar-refractivity contribution is 6.30. The topological polar surface area (TPSA) is 67.9 Å². The van der Waals surface area contributed by atoms with Gasteiger partial charge in [0.05, 0.1) is 26.2 Å². The van der Waals surface area contributed by atoms with Crippen molar-refractivity contribution in [2.45, 2.75) is 25.8 Å². The maximum Gasteiger partial charge on any atom is 0.225 e. The third-order valence-corrected chi connectivity index (χ3v) is 5.65. The van der Waals surface area contributed by atoms with E-state index in [-0.39, 0.29) is 30.2 Å². The minimum atomic E-state index is -0.343. The molecule has 2 atom stereocenters. The van der Waals surface area contributed by atoms with Gasteiger partial charge in [-0.25, -0.2) is 0 Å². The molecule has 1 heterocycles. The van der Waals surface area contributed by atoms with Crippen LogP contribution in [-0.4, -0.2) is 44.0 Å². The number of benzene rings is 2. The van der Waals surface area contributed by atoms with Crippen molar-refractivity contribution in [3.8, 4) is 11.5 Å². The molecule has 0 aliphatic carbocycles. The van der Waals surface area contributed by atoms with E-state index in [4.69, 9.17) is 21.1 Å². The number of amides is 2. The van der Waals surface area contributed by atoms with E-state index in [0.29, 0.717) is 36.0 Å². The van der Waals surface area contributed by atoms with Crippen LogP contribution in [0.1, 0.15) is 30.5 Å². The second kappa shape index (κ2) is 9.85. The highest BCUT2D eigenvalue weighted by Crippen LogP contribution is 2.28. The predicted molar refractivity (Wildman–Crippen MR) is 116 cm³/mol. The molecule has 0 unspecified atom stereocenters. The summed E-state index contributed by atoms with van der Waals surface area (Å²) >= 11 is 6.03. The number of hydrogen-bond donors (Lipinski definition) is 1. The van der Waals surface area contributed by atoms with Gasteiger partial charge in [0.1, 0.15) is 0 Å². The molecule has 1 aliphatic rings. The number of methoxy groups -OCH3 is 2. The number of rotatable bonds is 8. The minimum absolute atomic E-state index is 0.00559. The first-order valence-corrected chi connectivity index (χ1v) is 10.3. The van der Waals surface area contributed by atoms with Gasteiger partial charge in [-0.15, -0.1) is 0 Å². The fourth-order valence-corrected chi connectivity index (χ4v) is 3.85. The molecule has 6 nitrogen and oxygen atoms in total. The molecule has 2 aromatic rings. The lowest BCUT2D eigenvalue weighted by atomic mass is 10.1. The van der Waals surface area contributed by atoms with E-state index in [0.717, 1.165) is 11.1 Å². The molecule has 3 rings (SSSR count). The fourth-order valence-electron chi connectivity index (χ4n) is 3.65. The Morgan fingerprint density at radius 1 is 1.20 bits per heavy atom. The summed E-state index contributed by atoms with van der Waals surface area (Å²) in [6.45, 7) is 2.90. The lowest BCUT2D eigenvalue weighted by Gasteiger charge is -2.19. The van der Waals surface area contributed by atoms with Crippen molar-refractivity contribution in [1.82, 2.24) is 10.2 Å². The Morgan fingerprint density at radius 3 is 2.67 bits per heavy atom. The van der Waals surface area contributed by atoms with Crippen LogP contribution in [0.5, 0.6) is 11.5 Å². The van der Waals surface area contributed by atoms with E-state index in [2.05, 4.69) is 5.32 Å². The first-order valence-electron chi connectivity index (χ1n) is 9.95. The maximum absolute atomic E-state index is 12.7. The molecule has 1 aliphatic heterocycles. The van der Waals surface area contributed by atoms with Crippen molar-refractivity contribution in [3.63, 3.8) is 0 Å². The number of nitrogens with one attached hydrogen (secondary N) is 1. The third kappa shape index (κ3) is 5.25. The summed E-state index contributed by atoms with van der Waals surface area (Å²) in [5.74, 6) is 0.888. The fraction of sp³-hybridized carbons (Fsp3) is 0.391. The second-order valence-electron chi connectivity index (χ2n) is 7.47. The van der Waals surface area contributed by atoms with Crippen LogP contribution < -0.4 is 14.8 Å². The summed E-state index contributed by atoms with van der Waals surface area (Å²) in [5, 5.41) is 3.63. The Hall–Kier alpha value is -2.73. The maximum atomic E-state index is 12.7. The average molecular weight is 431 g/mol. The van der Waals surface area contributed by atoms with Crippen LogP contribution in [0.2, 0.25) is 5.02 Å². The Morgan fingerprint density at radius 2 is 1.97 bits per heavy atom. The molecule has 30 heavy (non-hydrogen) atoms. The molecule has 1 N–H and O–H groups in total. The molecule has 2 amide bonds. The highest BCUT2D eigenvalue weighted by atomic mass is 35.5. The van der Waals surface area contributed by atoms with Gasteiger partial charge >= 0.3 is 0 Å². The van der Waals surface area contributed by atoms with Crippen LogP contribution in [0.3, 0.4) is 0 Å². The summed E-state index contributed by atoms with van der Waals surface area (Å²) in [4.78, 5) is 26.9. The number of nitrogens with zero attached hydrogens (tertiary/aromatic N) is 1. The Balaban J connectivity index is 1.55. The highest BCUT2D eigenvalue weighted by Gasteiger charge is 2.34. The van der Waals surface area contributed by atoms with Crippen molar-refractivity contribution in [2.75, 3.05) is 27.3 Å². The molecule has 160 valence electrons. The summed E-state index contributed by atoms with van der Waals surface area (Å²) in [6, 6.07) is 13.0. The van der Waals surface area contributed by atoms with Gasteiger partial charge < -0.3 is 19.7 Å². The number of halogens is 1. The lowest BCUT2D eigenvalue weighted by Crippen LogP contribution is -2.35. The zero-order chi connectivity index (χ0) is 21.7. The van der Waals surface area contributed by atoms with Crippen LogP contribution in [-0.2, 0) is 16.0 Å². The molecule has 0 bridgehead atoms. The number of likely N-dealkylation sites (tertiary alicyclic amines) is 1. The monoisotopic (exact) mass is 430 g/mol. The largest absolute Gasteiger partial charge is 0.493 e. The van der Waals surface area contributed by atoms with Gasteiger partial charge in [-0.2, -0.15) is 0 Å². The quantitative estimate of drug-likeness (QED) is 0.694. The molecule has 7 heteroatoms. The van der Waals surface area contributed by atoms with Crippen LogP contribution in [0.25, 0.3) is 0 Å². The van der Waals surface area contributed by atoms with Crippen molar-refractivity contribution in [3.05, 3.63) is 58.6 Å². The van der Waals surface area contributed by atoms with Gasteiger partial charge in [-0.05, 0) is 48.7 Å². The molecule has 1 saturated heterocycles. The first-order chi connectivity index (χ1) is 14.4. The standard InChI is InChI=1S/C23H27ClN2O4/c1-15(17-5-4-6-19(24)12-17)25-23(28)18-13-22(27)26(14-18)10-9-16-7-8-20(29-2)21(11-16)30-3/h4-8,11-12,15,18H,9-10,13-14H2,1-3H3,(H,25,28)/t15-,18+/m0/s1. The Labute approximate surface area is 182 Å². The second-order valence-corrected chi connectivity index (χ2v) is 7.90. The molecule has 2 aromatic carbocycles. The third-order valence-electron chi connectivity index (χ3n) is 5.41. The summed E-state index contributed by atoms with van der Waals surface area (Å²) < 4.78 is 10.6. The van der Waals surface area contributed by atoms with Gasteiger partial charge in [-0.1, -0.05) is 29.8 Å². The van der Waals surface area contributed by atoms with Crippen LogP contribution in [0, 0.1) is 5.92 Å². The van der Waals surface area contributed by atoms with E-state index >= 15 is 0 Å².